The molecule has 0 bridgehead atoms. The van der Waals surface area contributed by atoms with Crippen LogP contribution in [0.5, 0.6) is 0 Å². The first-order chi connectivity index (χ1) is 8.74. The fourth-order valence-electron chi connectivity index (χ4n) is 1.90. The monoisotopic (exact) mass is 269 g/mol. The maximum atomic E-state index is 11.5. The Morgan fingerprint density at radius 1 is 1.61 bits per heavy atom. The molecule has 0 saturated carbocycles. The van der Waals surface area contributed by atoms with E-state index in [9.17, 15) is 4.79 Å². The highest BCUT2D eigenvalue weighted by atomic mass is 32.1. The Labute approximate surface area is 111 Å². The van der Waals surface area contributed by atoms with Crippen molar-refractivity contribution in [2.75, 3.05) is 19.7 Å². The van der Waals surface area contributed by atoms with E-state index < -0.39 is 0 Å². The average molecular weight is 269 g/mol. The Kier molecular flexibility index (Phi) is 4.95. The van der Waals surface area contributed by atoms with E-state index in [1.54, 1.807) is 11.3 Å². The van der Waals surface area contributed by atoms with E-state index in [1.807, 2.05) is 12.3 Å². The second kappa shape index (κ2) is 6.70. The Morgan fingerprint density at radius 2 is 2.50 bits per heavy atom. The van der Waals surface area contributed by atoms with Gasteiger partial charge in [0.25, 0.3) is 0 Å². The van der Waals surface area contributed by atoms with E-state index in [0.29, 0.717) is 13.1 Å². The molecule has 1 saturated heterocycles. The van der Waals surface area contributed by atoms with Crippen molar-refractivity contribution >= 4 is 17.4 Å². The SMILES string of the molecule is Cc1nc(CCNC(=O)NCC2CCCO2)cs1. The van der Waals surface area contributed by atoms with Crippen molar-refractivity contribution in [3.8, 4) is 0 Å². The van der Waals surface area contributed by atoms with Gasteiger partial charge in [-0.05, 0) is 19.8 Å². The third kappa shape index (κ3) is 4.27. The normalized spacial score (nSPS) is 18.8. The average Bonchev–Trinajstić information content (AvgIpc) is 2.98. The number of amides is 2. The first-order valence-corrected chi connectivity index (χ1v) is 7.16. The number of aromatic nitrogens is 1. The molecule has 0 radical (unpaired) electrons. The van der Waals surface area contributed by atoms with Crippen molar-refractivity contribution < 1.29 is 9.53 Å². The van der Waals surface area contributed by atoms with Gasteiger partial charge in [-0.1, -0.05) is 0 Å². The highest BCUT2D eigenvalue weighted by Crippen LogP contribution is 2.10. The summed E-state index contributed by atoms with van der Waals surface area (Å²) in [6.07, 6.45) is 3.10. The minimum atomic E-state index is -0.127. The number of rotatable bonds is 5. The third-order valence-corrected chi connectivity index (χ3v) is 3.67. The molecule has 0 aromatic carbocycles. The molecule has 2 N–H and O–H groups in total. The van der Waals surface area contributed by atoms with Crippen molar-refractivity contribution in [1.29, 1.82) is 0 Å². The van der Waals surface area contributed by atoms with Gasteiger partial charge in [-0.25, -0.2) is 9.78 Å². The van der Waals surface area contributed by atoms with Crippen molar-refractivity contribution in [3.63, 3.8) is 0 Å². The van der Waals surface area contributed by atoms with E-state index in [4.69, 9.17) is 4.74 Å². The number of aryl methyl sites for hydroxylation is 1. The van der Waals surface area contributed by atoms with Gasteiger partial charge < -0.3 is 15.4 Å². The number of hydrogen-bond donors (Lipinski definition) is 2. The number of hydrogen-bond acceptors (Lipinski definition) is 4. The molecular formula is C12H19N3O2S. The van der Waals surface area contributed by atoms with Crippen LogP contribution in [-0.4, -0.2) is 36.8 Å². The molecule has 1 unspecified atom stereocenters. The molecule has 5 nitrogen and oxygen atoms in total. The summed E-state index contributed by atoms with van der Waals surface area (Å²) >= 11 is 1.63. The molecule has 1 atom stereocenters. The van der Waals surface area contributed by atoms with Crippen LogP contribution in [0.25, 0.3) is 0 Å². The molecule has 6 heteroatoms. The molecule has 2 heterocycles. The molecular weight excluding hydrogens is 250 g/mol. The van der Waals surface area contributed by atoms with Crippen molar-refractivity contribution in [1.82, 2.24) is 15.6 Å². The van der Waals surface area contributed by atoms with Gasteiger partial charge in [0, 0.05) is 31.5 Å². The molecule has 1 aliphatic heterocycles. The van der Waals surface area contributed by atoms with E-state index in [2.05, 4.69) is 15.6 Å². The number of nitrogens with zero attached hydrogens (tertiary/aromatic N) is 1. The number of carbonyl (C=O) groups is 1. The molecule has 100 valence electrons. The first-order valence-electron chi connectivity index (χ1n) is 6.28. The number of carbonyl (C=O) groups excluding carboxylic acids is 1. The summed E-state index contributed by atoms with van der Waals surface area (Å²) < 4.78 is 5.43. The van der Waals surface area contributed by atoms with Gasteiger partial charge >= 0.3 is 6.03 Å². The highest BCUT2D eigenvalue weighted by Gasteiger charge is 2.15. The van der Waals surface area contributed by atoms with Gasteiger partial charge in [0.1, 0.15) is 0 Å². The Balaban J connectivity index is 1.57. The fraction of sp³-hybridized carbons (Fsp3) is 0.667. The Hall–Kier alpha value is -1.14. The summed E-state index contributed by atoms with van der Waals surface area (Å²) in [5.41, 5.74) is 1.04. The molecule has 2 rings (SSSR count). The lowest BCUT2D eigenvalue weighted by Crippen LogP contribution is -2.40. The fourth-order valence-corrected chi connectivity index (χ4v) is 2.55. The third-order valence-electron chi connectivity index (χ3n) is 2.85. The quantitative estimate of drug-likeness (QED) is 0.851. The van der Waals surface area contributed by atoms with Crippen molar-refractivity contribution in [2.45, 2.75) is 32.3 Å². The molecule has 1 aromatic heterocycles. The van der Waals surface area contributed by atoms with E-state index in [0.717, 1.165) is 36.6 Å². The van der Waals surface area contributed by atoms with Crippen LogP contribution in [0.15, 0.2) is 5.38 Å². The number of thiazole rings is 1. The van der Waals surface area contributed by atoms with Gasteiger partial charge in [-0.15, -0.1) is 11.3 Å². The van der Waals surface area contributed by atoms with Crippen LogP contribution in [0.3, 0.4) is 0 Å². The molecule has 1 aliphatic rings. The molecule has 2 amide bonds. The predicted molar refractivity (Wildman–Crippen MR) is 70.9 cm³/mol. The first kappa shape index (κ1) is 13.3. The second-order valence-electron chi connectivity index (χ2n) is 4.38. The largest absolute Gasteiger partial charge is 0.376 e. The van der Waals surface area contributed by atoms with Gasteiger partial charge in [-0.2, -0.15) is 0 Å². The van der Waals surface area contributed by atoms with Crippen molar-refractivity contribution in [2.24, 2.45) is 0 Å². The lowest BCUT2D eigenvalue weighted by atomic mass is 10.2. The molecule has 0 aliphatic carbocycles. The second-order valence-corrected chi connectivity index (χ2v) is 5.44. The van der Waals surface area contributed by atoms with E-state index in [1.165, 1.54) is 0 Å². The zero-order chi connectivity index (χ0) is 12.8. The van der Waals surface area contributed by atoms with Gasteiger partial charge in [0.05, 0.1) is 16.8 Å². The van der Waals surface area contributed by atoms with E-state index in [-0.39, 0.29) is 12.1 Å². The smallest absolute Gasteiger partial charge is 0.314 e. The Bertz CT molecular complexity index is 388. The molecule has 0 spiro atoms. The summed E-state index contributed by atoms with van der Waals surface area (Å²) in [6, 6.07) is -0.127. The summed E-state index contributed by atoms with van der Waals surface area (Å²) in [5, 5.41) is 8.74. The zero-order valence-corrected chi connectivity index (χ0v) is 11.4. The minimum absolute atomic E-state index is 0.127. The van der Waals surface area contributed by atoms with Gasteiger partial charge in [0.15, 0.2) is 0 Å². The minimum Gasteiger partial charge on any atom is -0.376 e. The summed E-state index contributed by atoms with van der Waals surface area (Å²) in [6.45, 7) is 4.01. The maximum Gasteiger partial charge on any atom is 0.314 e. The number of ether oxygens (including phenoxy) is 1. The van der Waals surface area contributed by atoms with Crippen LogP contribution < -0.4 is 10.6 Å². The molecule has 1 fully saturated rings. The van der Waals surface area contributed by atoms with Crippen LogP contribution in [0, 0.1) is 6.92 Å². The van der Waals surface area contributed by atoms with Crippen LogP contribution in [-0.2, 0) is 11.2 Å². The topological polar surface area (TPSA) is 63.2 Å². The predicted octanol–water partition coefficient (Wildman–Crippen LogP) is 1.47. The van der Waals surface area contributed by atoms with Crippen molar-refractivity contribution in [3.05, 3.63) is 16.1 Å². The molecule has 18 heavy (non-hydrogen) atoms. The van der Waals surface area contributed by atoms with Crippen LogP contribution in [0.1, 0.15) is 23.5 Å². The summed E-state index contributed by atoms with van der Waals surface area (Å²) in [4.78, 5) is 15.8. The lowest BCUT2D eigenvalue weighted by molar-refractivity contribution is 0.111. The molecule has 1 aromatic rings. The number of urea groups is 1. The maximum absolute atomic E-state index is 11.5. The summed E-state index contributed by atoms with van der Waals surface area (Å²) in [7, 11) is 0. The van der Waals surface area contributed by atoms with Gasteiger partial charge in [-0.3, -0.25) is 0 Å². The van der Waals surface area contributed by atoms with Crippen LogP contribution >= 0.6 is 11.3 Å². The zero-order valence-electron chi connectivity index (χ0n) is 10.6. The highest BCUT2D eigenvalue weighted by molar-refractivity contribution is 7.09. The Morgan fingerprint density at radius 3 is 3.17 bits per heavy atom. The summed E-state index contributed by atoms with van der Waals surface area (Å²) in [5.74, 6) is 0. The standard InChI is InChI=1S/C12H19N3O2S/c1-9-15-10(8-18-9)4-5-13-12(16)14-7-11-3-2-6-17-11/h8,11H,2-7H2,1H3,(H2,13,14,16). The van der Waals surface area contributed by atoms with Crippen LogP contribution in [0.2, 0.25) is 0 Å². The van der Waals surface area contributed by atoms with E-state index >= 15 is 0 Å². The lowest BCUT2D eigenvalue weighted by Gasteiger charge is -2.11. The van der Waals surface area contributed by atoms with Crippen LogP contribution in [0.4, 0.5) is 4.79 Å². The van der Waals surface area contributed by atoms with Gasteiger partial charge in [0.2, 0.25) is 0 Å². The number of nitrogens with one attached hydrogen (secondary N) is 2.